The van der Waals surface area contributed by atoms with Gasteiger partial charge in [-0.15, -0.1) is 0 Å². The van der Waals surface area contributed by atoms with Crippen molar-refractivity contribution in [3.8, 4) is 6.07 Å². The van der Waals surface area contributed by atoms with Crippen LogP contribution in [0.25, 0.3) is 0 Å². The van der Waals surface area contributed by atoms with E-state index in [1.807, 2.05) is 20.8 Å². The van der Waals surface area contributed by atoms with Crippen molar-refractivity contribution < 1.29 is 13.2 Å². The Morgan fingerprint density at radius 1 is 1.28 bits per heavy atom. The van der Waals surface area contributed by atoms with Crippen LogP contribution in [0.2, 0.25) is 0 Å². The van der Waals surface area contributed by atoms with Gasteiger partial charge in [0.25, 0.3) is 0 Å². The average molecular weight is 256 g/mol. The van der Waals surface area contributed by atoms with Crippen LogP contribution >= 0.6 is 0 Å². The normalized spacial score (nSPS) is 12.1. The van der Waals surface area contributed by atoms with Crippen molar-refractivity contribution in [2.45, 2.75) is 38.9 Å². The highest BCUT2D eigenvalue weighted by atomic mass is 19.4. The minimum absolute atomic E-state index is 0.230. The van der Waals surface area contributed by atoms with Gasteiger partial charge in [0.05, 0.1) is 17.2 Å². The summed E-state index contributed by atoms with van der Waals surface area (Å²) in [5.41, 5.74) is -0.970. The fourth-order valence-electron chi connectivity index (χ4n) is 1.44. The summed E-state index contributed by atoms with van der Waals surface area (Å²) in [5, 5.41) is 11.9. The monoisotopic (exact) mass is 256 g/mol. The van der Waals surface area contributed by atoms with Gasteiger partial charge >= 0.3 is 6.18 Å². The van der Waals surface area contributed by atoms with Crippen LogP contribution in [-0.2, 0) is 6.18 Å². The Balaban J connectivity index is 3.12. The standard InChI is InChI=1S/C13H15F3N2/c1-4-12(2,3)18-10-5-6-11(13(14,15)16)9(7-10)8-17/h5-7,18H,4H2,1-3H3. The molecule has 18 heavy (non-hydrogen) atoms. The van der Waals surface area contributed by atoms with Crippen molar-refractivity contribution in [1.29, 1.82) is 5.26 Å². The Morgan fingerprint density at radius 2 is 1.89 bits per heavy atom. The lowest BCUT2D eigenvalue weighted by atomic mass is 10.0. The summed E-state index contributed by atoms with van der Waals surface area (Å²) in [6, 6.07) is 5.11. The summed E-state index contributed by atoms with van der Waals surface area (Å²) in [7, 11) is 0. The van der Waals surface area contributed by atoms with E-state index in [1.54, 1.807) is 6.07 Å². The molecule has 1 aromatic carbocycles. The maximum absolute atomic E-state index is 12.6. The second-order valence-corrected chi connectivity index (χ2v) is 4.73. The highest BCUT2D eigenvalue weighted by Crippen LogP contribution is 2.33. The number of anilines is 1. The number of nitrogens with zero attached hydrogens (tertiary/aromatic N) is 1. The number of hydrogen-bond acceptors (Lipinski definition) is 2. The third kappa shape index (κ3) is 3.39. The molecule has 0 radical (unpaired) electrons. The lowest BCUT2D eigenvalue weighted by Gasteiger charge is -2.26. The molecule has 1 aromatic rings. The summed E-state index contributed by atoms with van der Waals surface area (Å²) < 4.78 is 37.8. The molecule has 1 rings (SSSR count). The fraction of sp³-hybridized carbons (Fsp3) is 0.462. The molecular formula is C13H15F3N2. The molecule has 0 aliphatic carbocycles. The molecule has 0 aliphatic rings. The van der Waals surface area contributed by atoms with Crippen LogP contribution in [0.4, 0.5) is 18.9 Å². The van der Waals surface area contributed by atoms with Gasteiger partial charge in [-0.25, -0.2) is 0 Å². The molecule has 0 saturated carbocycles. The quantitative estimate of drug-likeness (QED) is 0.880. The van der Waals surface area contributed by atoms with Gasteiger partial charge in [0, 0.05) is 11.2 Å². The van der Waals surface area contributed by atoms with Crippen LogP contribution in [0.5, 0.6) is 0 Å². The Bertz CT molecular complexity index is 470. The van der Waals surface area contributed by atoms with Gasteiger partial charge in [-0.05, 0) is 38.5 Å². The van der Waals surface area contributed by atoms with Crippen LogP contribution < -0.4 is 5.32 Å². The van der Waals surface area contributed by atoms with E-state index in [4.69, 9.17) is 5.26 Å². The first-order chi connectivity index (χ1) is 8.19. The van der Waals surface area contributed by atoms with Crippen LogP contribution in [0, 0.1) is 11.3 Å². The average Bonchev–Trinajstić information content (AvgIpc) is 2.27. The molecule has 1 N–H and O–H groups in total. The molecule has 0 aliphatic heterocycles. The third-order valence-corrected chi connectivity index (χ3v) is 2.81. The summed E-state index contributed by atoms with van der Waals surface area (Å²) in [6.45, 7) is 5.86. The maximum Gasteiger partial charge on any atom is 0.417 e. The van der Waals surface area contributed by atoms with Crippen LogP contribution in [-0.4, -0.2) is 5.54 Å². The largest absolute Gasteiger partial charge is 0.417 e. The molecular weight excluding hydrogens is 241 g/mol. The van der Waals surface area contributed by atoms with E-state index < -0.39 is 11.7 Å². The summed E-state index contributed by atoms with van der Waals surface area (Å²) in [4.78, 5) is 0. The third-order valence-electron chi connectivity index (χ3n) is 2.81. The molecule has 0 unspecified atom stereocenters. The van der Waals surface area contributed by atoms with E-state index in [9.17, 15) is 13.2 Å². The molecule has 0 spiro atoms. The minimum atomic E-state index is -4.50. The van der Waals surface area contributed by atoms with Gasteiger partial charge in [0.15, 0.2) is 0 Å². The minimum Gasteiger partial charge on any atom is -0.380 e. The smallest absolute Gasteiger partial charge is 0.380 e. The second kappa shape index (κ2) is 4.89. The Kier molecular flexibility index (Phi) is 3.90. The van der Waals surface area contributed by atoms with Gasteiger partial charge in [-0.3, -0.25) is 0 Å². The molecule has 0 heterocycles. The summed E-state index contributed by atoms with van der Waals surface area (Å²) in [6.07, 6.45) is -3.68. The van der Waals surface area contributed by atoms with Gasteiger partial charge < -0.3 is 5.32 Å². The first kappa shape index (κ1) is 14.4. The molecule has 0 bridgehead atoms. The zero-order chi connectivity index (χ0) is 14.0. The second-order valence-electron chi connectivity index (χ2n) is 4.73. The van der Waals surface area contributed by atoms with E-state index >= 15 is 0 Å². The Hall–Kier alpha value is -1.70. The van der Waals surface area contributed by atoms with E-state index in [2.05, 4.69) is 5.32 Å². The number of halogens is 3. The summed E-state index contributed by atoms with van der Waals surface area (Å²) >= 11 is 0. The molecule has 0 atom stereocenters. The highest BCUT2D eigenvalue weighted by Gasteiger charge is 2.33. The lowest BCUT2D eigenvalue weighted by molar-refractivity contribution is -0.137. The zero-order valence-corrected chi connectivity index (χ0v) is 10.5. The van der Waals surface area contributed by atoms with E-state index in [1.165, 1.54) is 12.1 Å². The predicted molar refractivity (Wildman–Crippen MR) is 64.2 cm³/mol. The van der Waals surface area contributed by atoms with Gasteiger partial charge in [-0.1, -0.05) is 6.92 Å². The van der Waals surface area contributed by atoms with Gasteiger partial charge in [-0.2, -0.15) is 18.4 Å². The van der Waals surface area contributed by atoms with Gasteiger partial charge in [0.2, 0.25) is 0 Å². The molecule has 5 heteroatoms. The maximum atomic E-state index is 12.6. The first-order valence-electron chi connectivity index (χ1n) is 5.59. The van der Waals surface area contributed by atoms with Crippen LogP contribution in [0.3, 0.4) is 0 Å². The summed E-state index contributed by atoms with van der Waals surface area (Å²) in [5.74, 6) is 0. The molecule has 2 nitrogen and oxygen atoms in total. The van der Waals surface area contributed by atoms with E-state index in [-0.39, 0.29) is 11.1 Å². The molecule has 98 valence electrons. The van der Waals surface area contributed by atoms with Crippen molar-refractivity contribution in [3.05, 3.63) is 29.3 Å². The van der Waals surface area contributed by atoms with Crippen molar-refractivity contribution in [2.24, 2.45) is 0 Å². The van der Waals surface area contributed by atoms with Crippen molar-refractivity contribution in [1.82, 2.24) is 0 Å². The van der Waals surface area contributed by atoms with Crippen LogP contribution in [0.1, 0.15) is 38.3 Å². The first-order valence-corrected chi connectivity index (χ1v) is 5.59. The highest BCUT2D eigenvalue weighted by molar-refractivity contribution is 5.54. The number of rotatable bonds is 3. The fourth-order valence-corrected chi connectivity index (χ4v) is 1.44. The molecule has 0 amide bonds. The number of nitriles is 1. The molecule has 0 fully saturated rings. The number of hydrogen-bond donors (Lipinski definition) is 1. The number of nitrogens with one attached hydrogen (secondary N) is 1. The molecule has 0 saturated heterocycles. The van der Waals surface area contributed by atoms with Crippen molar-refractivity contribution in [3.63, 3.8) is 0 Å². The van der Waals surface area contributed by atoms with E-state index in [0.29, 0.717) is 5.69 Å². The Labute approximate surface area is 104 Å². The number of alkyl halides is 3. The predicted octanol–water partition coefficient (Wildman–Crippen LogP) is 4.18. The van der Waals surface area contributed by atoms with E-state index in [0.717, 1.165) is 12.5 Å². The van der Waals surface area contributed by atoms with Crippen molar-refractivity contribution in [2.75, 3.05) is 5.32 Å². The molecule has 0 aromatic heterocycles. The Morgan fingerprint density at radius 3 is 2.33 bits per heavy atom. The zero-order valence-electron chi connectivity index (χ0n) is 10.5. The van der Waals surface area contributed by atoms with Gasteiger partial charge in [0.1, 0.15) is 0 Å². The SMILES string of the molecule is CCC(C)(C)Nc1ccc(C(F)(F)F)c(C#N)c1. The topological polar surface area (TPSA) is 35.8 Å². The number of benzene rings is 1. The van der Waals surface area contributed by atoms with Crippen molar-refractivity contribution >= 4 is 5.69 Å². The van der Waals surface area contributed by atoms with Crippen LogP contribution in [0.15, 0.2) is 18.2 Å². The lowest BCUT2D eigenvalue weighted by Crippen LogP contribution is -2.29.